The van der Waals surface area contributed by atoms with Crippen LogP contribution in [0.2, 0.25) is 0 Å². The Morgan fingerprint density at radius 3 is 2.71 bits per heavy atom. The number of hydrogen-bond acceptors (Lipinski definition) is 4. The number of aromatic nitrogens is 1. The highest BCUT2D eigenvalue weighted by molar-refractivity contribution is 5.86. The Balaban J connectivity index is 2.12. The van der Waals surface area contributed by atoms with Gasteiger partial charge in [-0.1, -0.05) is 0 Å². The second-order valence-electron chi connectivity index (χ2n) is 6.12. The van der Waals surface area contributed by atoms with Crippen LogP contribution >= 0.6 is 0 Å². The molecule has 6 heteroatoms. The second-order valence-corrected chi connectivity index (χ2v) is 6.12. The first-order chi connectivity index (χ1) is 9.90. The fourth-order valence-electron chi connectivity index (χ4n) is 2.39. The minimum absolute atomic E-state index is 0.291. The second kappa shape index (κ2) is 6.19. The third-order valence-electron chi connectivity index (χ3n) is 3.31. The Kier molecular flexibility index (Phi) is 4.53. The number of nitrogens with zero attached hydrogens (tertiary/aromatic N) is 1. The molecule has 0 saturated carbocycles. The van der Waals surface area contributed by atoms with Crippen LogP contribution in [0.25, 0.3) is 0 Å². The molecule has 1 aromatic heterocycles. The fraction of sp³-hybridized carbons (Fsp3) is 0.600. The van der Waals surface area contributed by atoms with Crippen molar-refractivity contribution in [2.24, 2.45) is 0 Å². The molecule has 1 saturated heterocycles. The van der Waals surface area contributed by atoms with E-state index < -0.39 is 11.7 Å². The quantitative estimate of drug-likeness (QED) is 0.876. The summed E-state index contributed by atoms with van der Waals surface area (Å²) in [5.41, 5.74) is 0.840. The molecule has 1 aromatic rings. The van der Waals surface area contributed by atoms with Crippen LogP contribution in [0.5, 0.6) is 0 Å². The summed E-state index contributed by atoms with van der Waals surface area (Å²) in [7, 11) is 0. The summed E-state index contributed by atoms with van der Waals surface area (Å²) in [6, 6.07) is 2.17. The first kappa shape index (κ1) is 15.4. The molecule has 1 aliphatic heterocycles. The van der Waals surface area contributed by atoms with Crippen LogP contribution < -0.4 is 5.32 Å². The zero-order valence-corrected chi connectivity index (χ0v) is 12.7. The molecule has 0 spiro atoms. The molecule has 114 valence electrons. The molecule has 1 fully saturated rings. The minimum atomic E-state index is -0.576. The molecule has 0 atom stereocenters. The van der Waals surface area contributed by atoms with Crippen molar-refractivity contribution in [3.63, 3.8) is 0 Å². The van der Waals surface area contributed by atoms with Crippen molar-refractivity contribution in [2.45, 2.75) is 45.1 Å². The Hall–Kier alpha value is -2.00. The molecule has 21 heavy (non-hydrogen) atoms. The third-order valence-corrected chi connectivity index (χ3v) is 3.31. The van der Waals surface area contributed by atoms with Gasteiger partial charge in [0.1, 0.15) is 17.5 Å². The Bertz CT molecular complexity index is 545. The summed E-state index contributed by atoms with van der Waals surface area (Å²) < 4.78 is 10.5. The Labute approximate surface area is 124 Å². The molecule has 6 nitrogen and oxygen atoms in total. The molecular formula is C15H21N3O3. The van der Waals surface area contributed by atoms with Gasteiger partial charge in [-0.3, -0.25) is 5.32 Å². The van der Waals surface area contributed by atoms with Crippen LogP contribution in [0.3, 0.4) is 0 Å². The van der Waals surface area contributed by atoms with E-state index in [1.165, 1.54) is 0 Å². The number of nitriles is 1. The first-order valence-electron chi connectivity index (χ1n) is 7.10. The maximum atomic E-state index is 11.8. The highest BCUT2D eigenvalue weighted by Crippen LogP contribution is 2.32. The van der Waals surface area contributed by atoms with E-state index in [0.717, 1.165) is 18.4 Å². The number of H-pyrrole nitrogens is 1. The van der Waals surface area contributed by atoms with Gasteiger partial charge in [0.25, 0.3) is 0 Å². The van der Waals surface area contributed by atoms with Crippen LogP contribution in [0, 0.1) is 11.3 Å². The van der Waals surface area contributed by atoms with E-state index in [-0.39, 0.29) is 0 Å². The van der Waals surface area contributed by atoms with Gasteiger partial charge in [-0.05, 0) is 45.1 Å². The minimum Gasteiger partial charge on any atom is -0.444 e. The molecule has 1 amide bonds. The standard InChI is InChI=1S/C15H21N3O3/c1-15(2,3)21-14(19)18-13-11(8-16)12(9-17-13)10-4-6-20-7-5-10/h9-10,17H,4-7H2,1-3H3,(H,18,19). The molecule has 1 aliphatic rings. The molecule has 0 aliphatic carbocycles. The summed E-state index contributed by atoms with van der Waals surface area (Å²) in [4.78, 5) is 14.8. The summed E-state index contributed by atoms with van der Waals surface area (Å²) in [6.07, 6.45) is 3.00. The van der Waals surface area contributed by atoms with Crippen LogP contribution in [-0.2, 0) is 9.47 Å². The lowest BCUT2D eigenvalue weighted by Crippen LogP contribution is -2.27. The van der Waals surface area contributed by atoms with E-state index in [1.807, 2.05) is 0 Å². The van der Waals surface area contributed by atoms with Crippen molar-refractivity contribution < 1.29 is 14.3 Å². The van der Waals surface area contributed by atoms with E-state index in [2.05, 4.69) is 16.4 Å². The summed E-state index contributed by atoms with van der Waals surface area (Å²) >= 11 is 0. The van der Waals surface area contributed by atoms with Gasteiger partial charge in [0.05, 0.1) is 5.56 Å². The lowest BCUT2D eigenvalue weighted by atomic mass is 9.91. The van der Waals surface area contributed by atoms with Crippen LogP contribution in [0.4, 0.5) is 10.6 Å². The summed E-state index contributed by atoms with van der Waals surface area (Å²) in [5, 5.41) is 12.0. The van der Waals surface area contributed by atoms with Crippen molar-refractivity contribution >= 4 is 11.9 Å². The fourth-order valence-corrected chi connectivity index (χ4v) is 2.39. The third kappa shape index (κ3) is 3.99. The normalized spacial score (nSPS) is 16.3. The highest BCUT2D eigenvalue weighted by Gasteiger charge is 2.24. The highest BCUT2D eigenvalue weighted by atomic mass is 16.6. The SMILES string of the molecule is CC(C)(C)OC(=O)Nc1[nH]cc(C2CCOCC2)c1C#N. The number of anilines is 1. The molecule has 2 heterocycles. The van der Waals surface area contributed by atoms with Crippen molar-refractivity contribution in [3.05, 3.63) is 17.3 Å². The molecule has 2 rings (SSSR count). The van der Waals surface area contributed by atoms with Crippen LogP contribution in [-0.4, -0.2) is 29.9 Å². The van der Waals surface area contributed by atoms with Crippen molar-refractivity contribution in [1.82, 2.24) is 4.98 Å². The predicted molar refractivity (Wildman–Crippen MR) is 78.2 cm³/mol. The van der Waals surface area contributed by atoms with Crippen LogP contribution in [0.1, 0.15) is 50.7 Å². The van der Waals surface area contributed by atoms with Gasteiger partial charge in [0.2, 0.25) is 0 Å². The number of carbonyl (C=O) groups is 1. The number of hydrogen-bond donors (Lipinski definition) is 2. The molecule has 0 aromatic carbocycles. The lowest BCUT2D eigenvalue weighted by Gasteiger charge is -2.21. The van der Waals surface area contributed by atoms with E-state index >= 15 is 0 Å². The van der Waals surface area contributed by atoms with Gasteiger partial charge in [0, 0.05) is 19.4 Å². The number of amides is 1. The van der Waals surface area contributed by atoms with E-state index in [4.69, 9.17) is 9.47 Å². The van der Waals surface area contributed by atoms with Gasteiger partial charge in [-0.15, -0.1) is 0 Å². The van der Waals surface area contributed by atoms with Gasteiger partial charge >= 0.3 is 6.09 Å². The zero-order chi connectivity index (χ0) is 15.5. The van der Waals surface area contributed by atoms with Crippen LogP contribution in [0.15, 0.2) is 6.20 Å². The Morgan fingerprint density at radius 1 is 1.48 bits per heavy atom. The van der Waals surface area contributed by atoms with Crippen molar-refractivity contribution in [1.29, 1.82) is 5.26 Å². The van der Waals surface area contributed by atoms with E-state index in [0.29, 0.717) is 30.5 Å². The number of carbonyl (C=O) groups excluding carboxylic acids is 1. The Morgan fingerprint density at radius 2 is 2.14 bits per heavy atom. The van der Waals surface area contributed by atoms with E-state index in [9.17, 15) is 10.1 Å². The number of aromatic amines is 1. The molecule has 0 radical (unpaired) electrons. The average Bonchev–Trinajstić information content (AvgIpc) is 2.80. The first-order valence-corrected chi connectivity index (χ1v) is 7.10. The summed E-state index contributed by atoms with van der Waals surface area (Å²) in [5.74, 6) is 0.687. The number of rotatable bonds is 2. The summed E-state index contributed by atoms with van der Waals surface area (Å²) in [6.45, 7) is 6.78. The maximum absolute atomic E-state index is 11.8. The predicted octanol–water partition coefficient (Wildman–Crippen LogP) is 3.13. The smallest absolute Gasteiger partial charge is 0.413 e. The van der Waals surface area contributed by atoms with Gasteiger partial charge in [-0.25, -0.2) is 4.79 Å². The average molecular weight is 291 g/mol. The molecule has 2 N–H and O–H groups in total. The van der Waals surface area contributed by atoms with Crippen molar-refractivity contribution in [2.75, 3.05) is 18.5 Å². The largest absolute Gasteiger partial charge is 0.444 e. The number of ether oxygens (including phenoxy) is 2. The van der Waals surface area contributed by atoms with Gasteiger partial charge in [0.15, 0.2) is 0 Å². The van der Waals surface area contributed by atoms with Gasteiger partial charge < -0.3 is 14.5 Å². The topological polar surface area (TPSA) is 87.1 Å². The molecular weight excluding hydrogens is 270 g/mol. The lowest BCUT2D eigenvalue weighted by molar-refractivity contribution is 0.0635. The zero-order valence-electron chi connectivity index (χ0n) is 12.7. The molecule has 0 bridgehead atoms. The molecule has 0 unspecified atom stereocenters. The maximum Gasteiger partial charge on any atom is 0.413 e. The van der Waals surface area contributed by atoms with Gasteiger partial charge in [-0.2, -0.15) is 5.26 Å². The van der Waals surface area contributed by atoms with Crippen molar-refractivity contribution in [3.8, 4) is 6.07 Å². The monoisotopic (exact) mass is 291 g/mol. The number of nitrogens with one attached hydrogen (secondary N) is 2. The van der Waals surface area contributed by atoms with E-state index in [1.54, 1.807) is 27.0 Å².